The van der Waals surface area contributed by atoms with Crippen molar-refractivity contribution in [3.63, 3.8) is 0 Å². The predicted molar refractivity (Wildman–Crippen MR) is 120 cm³/mol. The fraction of sp³-hybridized carbons (Fsp3) is 0.667. The minimum atomic E-state index is -4.54. The van der Waals surface area contributed by atoms with Gasteiger partial charge in [0.15, 0.2) is 36.6 Å². The summed E-state index contributed by atoms with van der Waals surface area (Å²) in [5.41, 5.74) is 0. The van der Waals surface area contributed by atoms with E-state index in [1.807, 2.05) is 0 Å². The molecule has 0 amide bonds. The molecule has 0 spiro atoms. The molecule has 2 fully saturated rings. The van der Waals surface area contributed by atoms with E-state index < -0.39 is 139 Å². The number of hydrogen-bond acceptors (Lipinski definition) is 24. The maximum absolute atomic E-state index is 12.2. The van der Waals surface area contributed by atoms with Gasteiger partial charge in [0.05, 0.1) is 0 Å². The van der Waals surface area contributed by atoms with E-state index in [9.17, 15) is 90.0 Å². The van der Waals surface area contributed by atoms with Crippen molar-refractivity contribution in [3.05, 3.63) is 0 Å². The molecule has 0 aromatic carbocycles. The number of rotatable bonds is 7. The highest BCUT2D eigenvalue weighted by atomic mass is 27.3. The predicted octanol–water partition coefficient (Wildman–Crippen LogP) is -11.4. The SMILES string of the molecule is O=C1[O][Al]([O]C(=O)[C@H](O)[C@@H](O)[C@H](O)[C@H](O)C(=O)[O][Al]2[O]C(=O)[C@H](O)[C@H](O)[C@H](O)[C@@H](O)C(=O)[O]2)[O]C(=O)[C@@H](O)[C@H](O)[C@@H](O)[C@@H]1O. The minimum absolute atomic E-state index is 1.85. The molecule has 0 aromatic heterocycles. The molecular formula is C18H24Al2O24. The summed E-state index contributed by atoms with van der Waals surface area (Å²) in [6.45, 7) is 0. The first kappa shape index (κ1) is 37.6. The third-order valence-electron chi connectivity index (χ3n) is 5.71. The molecule has 0 aliphatic carbocycles. The Kier molecular flexibility index (Phi) is 13.3. The van der Waals surface area contributed by atoms with Crippen LogP contribution in [-0.4, -0.2) is 201 Å². The second-order valence-electron chi connectivity index (χ2n) is 8.81. The van der Waals surface area contributed by atoms with Crippen LogP contribution in [0, 0.1) is 0 Å². The molecular weight excluding hydrogens is 654 g/mol. The van der Waals surface area contributed by atoms with E-state index in [4.69, 9.17) is 0 Å². The molecule has 44 heavy (non-hydrogen) atoms. The van der Waals surface area contributed by atoms with Gasteiger partial charge in [0.1, 0.15) is 36.6 Å². The molecule has 2 saturated heterocycles. The first-order chi connectivity index (χ1) is 20.3. The summed E-state index contributed by atoms with van der Waals surface area (Å²) in [5.74, 6) is -11.6. The summed E-state index contributed by atoms with van der Waals surface area (Å²) in [6.07, 6.45) is -32.2. The van der Waals surface area contributed by atoms with E-state index in [0.29, 0.717) is 0 Å². The van der Waals surface area contributed by atoms with Crippen LogP contribution < -0.4 is 0 Å². The fourth-order valence-electron chi connectivity index (χ4n) is 3.09. The van der Waals surface area contributed by atoms with Gasteiger partial charge in [0.2, 0.25) is 0 Å². The summed E-state index contributed by atoms with van der Waals surface area (Å²) in [6, 6.07) is 0. The quantitative estimate of drug-likeness (QED) is 0.111. The van der Waals surface area contributed by atoms with Crippen LogP contribution in [0.15, 0.2) is 0 Å². The average molecular weight is 678 g/mol. The Morgan fingerprint density at radius 1 is 0.500 bits per heavy atom. The Balaban J connectivity index is 2.09. The smallest absolute Gasteiger partial charge is 0.549 e. The zero-order chi connectivity index (χ0) is 33.8. The number of aliphatic hydroxyl groups excluding tert-OH is 12. The molecule has 0 bridgehead atoms. The fourth-order valence-corrected chi connectivity index (χ4v) is 5.35. The maximum Gasteiger partial charge on any atom is 1.20 e. The van der Waals surface area contributed by atoms with E-state index >= 15 is 0 Å². The van der Waals surface area contributed by atoms with E-state index in [0.717, 1.165) is 0 Å². The lowest BCUT2D eigenvalue weighted by molar-refractivity contribution is -0.176. The highest BCUT2D eigenvalue weighted by Gasteiger charge is 2.57. The largest absolute Gasteiger partial charge is 1.20 e. The van der Waals surface area contributed by atoms with Crippen LogP contribution in [0.5, 0.6) is 0 Å². The number of aliphatic hydroxyl groups is 12. The lowest BCUT2D eigenvalue weighted by atomic mass is 10.0. The van der Waals surface area contributed by atoms with Crippen LogP contribution in [0.3, 0.4) is 0 Å². The molecule has 2 heterocycles. The Bertz CT molecular complexity index is 963. The number of carbonyl (C=O) groups excluding carboxylic acids is 6. The van der Waals surface area contributed by atoms with Gasteiger partial charge < -0.3 is 84.0 Å². The Hall–Kier alpha value is -2.60. The van der Waals surface area contributed by atoms with Crippen LogP contribution in [-0.2, 0) is 51.5 Å². The van der Waals surface area contributed by atoms with Crippen molar-refractivity contribution in [2.45, 2.75) is 73.2 Å². The van der Waals surface area contributed by atoms with Gasteiger partial charge in [-0.2, -0.15) is 0 Å². The molecule has 12 N–H and O–H groups in total. The molecule has 24 nitrogen and oxygen atoms in total. The van der Waals surface area contributed by atoms with Gasteiger partial charge in [-0.15, -0.1) is 0 Å². The maximum atomic E-state index is 12.2. The van der Waals surface area contributed by atoms with Crippen LogP contribution in [0.2, 0.25) is 0 Å². The van der Waals surface area contributed by atoms with Gasteiger partial charge >= 0.3 is 66.1 Å². The topological polar surface area (TPSA) is 401 Å². The highest BCUT2D eigenvalue weighted by molar-refractivity contribution is 6.45. The van der Waals surface area contributed by atoms with Crippen molar-refractivity contribution >= 4 is 66.1 Å². The summed E-state index contributed by atoms with van der Waals surface area (Å²) >= 11 is -9.08. The molecule has 12 atom stereocenters. The Labute approximate surface area is 252 Å². The molecule has 0 saturated carbocycles. The van der Waals surface area contributed by atoms with Crippen molar-refractivity contribution in [1.29, 1.82) is 0 Å². The van der Waals surface area contributed by atoms with E-state index in [1.165, 1.54) is 0 Å². The van der Waals surface area contributed by atoms with Crippen molar-refractivity contribution in [2.75, 3.05) is 0 Å². The van der Waals surface area contributed by atoms with Gasteiger partial charge in [-0.05, 0) is 0 Å². The monoisotopic (exact) mass is 678 g/mol. The third-order valence-corrected chi connectivity index (χ3v) is 8.26. The average Bonchev–Trinajstić information content (AvgIpc) is 3.02. The summed E-state index contributed by atoms with van der Waals surface area (Å²) in [7, 11) is 0. The second-order valence-corrected chi connectivity index (χ2v) is 11.4. The van der Waals surface area contributed by atoms with Gasteiger partial charge in [-0.25, -0.2) is 0 Å². The standard InChI is InChI=1S/3C6H10O8.2Al/c3*7-1(3(9)5(11)12)2(8)4(10)6(13)14;;/h3*1-4,7-10H,(H,11,12)(H,13,14);;/q;;;2*+3/p-6/t1-,2+,3-,4-;1-,2-,3+,4+;1-,2-,3-,4+;;/m110../s1. The van der Waals surface area contributed by atoms with E-state index in [2.05, 4.69) is 22.7 Å². The van der Waals surface area contributed by atoms with Crippen LogP contribution in [0.1, 0.15) is 0 Å². The highest BCUT2D eigenvalue weighted by Crippen LogP contribution is 2.16. The normalized spacial score (nSPS) is 33.2. The van der Waals surface area contributed by atoms with Crippen molar-refractivity contribution in [1.82, 2.24) is 0 Å². The van der Waals surface area contributed by atoms with Crippen molar-refractivity contribution in [2.24, 2.45) is 0 Å². The molecule has 246 valence electrons. The molecule has 2 aliphatic rings. The minimum Gasteiger partial charge on any atom is -0.549 e. The zero-order valence-corrected chi connectivity index (χ0v) is 23.7. The van der Waals surface area contributed by atoms with Crippen LogP contribution in [0.25, 0.3) is 0 Å². The lowest BCUT2D eigenvalue weighted by Crippen LogP contribution is -2.53. The van der Waals surface area contributed by atoms with Crippen LogP contribution >= 0.6 is 0 Å². The Morgan fingerprint density at radius 2 is 0.705 bits per heavy atom. The van der Waals surface area contributed by atoms with Gasteiger partial charge in [-0.3, -0.25) is 28.8 Å². The summed E-state index contributed by atoms with van der Waals surface area (Å²) in [5, 5.41) is 117. The van der Waals surface area contributed by atoms with Crippen molar-refractivity contribution < 1.29 is 113 Å². The second kappa shape index (κ2) is 15.6. The molecule has 0 radical (unpaired) electrons. The lowest BCUT2D eigenvalue weighted by Gasteiger charge is -2.26. The Morgan fingerprint density at radius 3 is 0.909 bits per heavy atom. The first-order valence-corrected chi connectivity index (χ1v) is 14.5. The molecule has 2 aliphatic heterocycles. The van der Waals surface area contributed by atoms with Gasteiger partial charge in [0, 0.05) is 0 Å². The van der Waals surface area contributed by atoms with Crippen molar-refractivity contribution in [3.8, 4) is 0 Å². The number of hydrogen-bond donors (Lipinski definition) is 12. The molecule has 0 aromatic rings. The van der Waals surface area contributed by atoms with Gasteiger partial charge in [0.25, 0.3) is 0 Å². The molecule has 26 heteroatoms. The molecule has 0 unspecified atom stereocenters. The summed E-state index contributed by atoms with van der Waals surface area (Å²) in [4.78, 5) is 71.9. The van der Waals surface area contributed by atoms with E-state index in [-0.39, 0.29) is 0 Å². The van der Waals surface area contributed by atoms with Gasteiger partial charge in [-0.1, -0.05) is 0 Å². The van der Waals surface area contributed by atoms with E-state index in [1.54, 1.807) is 0 Å². The van der Waals surface area contributed by atoms with Crippen LogP contribution in [0.4, 0.5) is 0 Å². The molecule has 2 rings (SSSR count). The first-order valence-electron chi connectivity index (χ1n) is 11.7. The summed E-state index contributed by atoms with van der Waals surface area (Å²) < 4.78 is 26.3. The number of carbonyl (C=O) groups is 6. The third kappa shape index (κ3) is 8.77. The zero-order valence-electron chi connectivity index (χ0n) is 21.3.